The number of rotatable bonds is 4. The maximum Gasteiger partial charge on any atom is 0.0468 e. The van der Waals surface area contributed by atoms with E-state index < -0.39 is 0 Å². The van der Waals surface area contributed by atoms with Crippen LogP contribution in [0.3, 0.4) is 0 Å². The minimum atomic E-state index is 0.285. The van der Waals surface area contributed by atoms with Gasteiger partial charge in [0.2, 0.25) is 0 Å². The van der Waals surface area contributed by atoms with E-state index >= 15 is 0 Å². The topological polar surface area (TPSA) is 32.3 Å². The van der Waals surface area contributed by atoms with Gasteiger partial charge in [-0.25, -0.2) is 0 Å². The molecule has 0 aliphatic carbocycles. The molecule has 0 aromatic heterocycles. The maximum atomic E-state index is 8.52. The van der Waals surface area contributed by atoms with Crippen molar-refractivity contribution in [2.24, 2.45) is 5.92 Å². The van der Waals surface area contributed by atoms with Gasteiger partial charge in [0, 0.05) is 6.61 Å². The van der Waals surface area contributed by atoms with E-state index in [4.69, 9.17) is 5.11 Å². The van der Waals surface area contributed by atoms with Gasteiger partial charge < -0.3 is 10.4 Å². The van der Waals surface area contributed by atoms with Crippen LogP contribution in [0.4, 0.5) is 0 Å². The second-order valence-electron chi connectivity index (χ2n) is 2.10. The molecule has 0 radical (unpaired) electrons. The molecule has 0 rings (SSSR count). The molecule has 0 saturated carbocycles. The highest BCUT2D eigenvalue weighted by Crippen LogP contribution is 1.86. The molecular formula is C6H15NO. The zero-order valence-electron chi connectivity index (χ0n) is 5.65. The van der Waals surface area contributed by atoms with Gasteiger partial charge in [0.15, 0.2) is 0 Å². The average molecular weight is 117 g/mol. The Morgan fingerprint density at radius 3 is 2.62 bits per heavy atom. The van der Waals surface area contributed by atoms with Crippen LogP contribution in [-0.2, 0) is 0 Å². The van der Waals surface area contributed by atoms with E-state index in [1.165, 1.54) is 0 Å². The van der Waals surface area contributed by atoms with Crippen molar-refractivity contribution >= 4 is 0 Å². The first-order valence-corrected chi connectivity index (χ1v) is 3.12. The van der Waals surface area contributed by atoms with Gasteiger partial charge in [0.1, 0.15) is 0 Å². The Kier molecular flexibility index (Phi) is 5.01. The first-order valence-electron chi connectivity index (χ1n) is 3.12. The van der Waals surface area contributed by atoms with E-state index in [1.807, 2.05) is 6.92 Å². The smallest absolute Gasteiger partial charge is 0.0468 e. The highest BCUT2D eigenvalue weighted by molar-refractivity contribution is 4.51. The summed E-state index contributed by atoms with van der Waals surface area (Å²) in [6, 6.07) is 0. The minimum Gasteiger partial charge on any atom is -0.396 e. The molecule has 0 heterocycles. The van der Waals surface area contributed by atoms with Crippen LogP contribution in [0.1, 0.15) is 13.8 Å². The molecule has 0 aromatic carbocycles. The fraction of sp³-hybridized carbons (Fsp3) is 1.00. The zero-order valence-corrected chi connectivity index (χ0v) is 5.65. The number of aliphatic hydroxyl groups excluding tert-OH is 1. The number of nitrogens with one attached hydrogen (secondary N) is 1. The van der Waals surface area contributed by atoms with Crippen molar-refractivity contribution in [1.29, 1.82) is 0 Å². The van der Waals surface area contributed by atoms with Gasteiger partial charge in [-0.05, 0) is 19.0 Å². The number of hydrogen-bond acceptors (Lipinski definition) is 2. The molecule has 2 N–H and O–H groups in total. The summed E-state index contributed by atoms with van der Waals surface area (Å²) >= 11 is 0. The van der Waals surface area contributed by atoms with Crippen molar-refractivity contribution in [3.63, 3.8) is 0 Å². The quantitative estimate of drug-likeness (QED) is 0.552. The monoisotopic (exact) mass is 117 g/mol. The molecule has 0 saturated heterocycles. The summed E-state index contributed by atoms with van der Waals surface area (Å²) < 4.78 is 0. The summed E-state index contributed by atoms with van der Waals surface area (Å²) in [4.78, 5) is 0. The summed E-state index contributed by atoms with van der Waals surface area (Å²) in [5.41, 5.74) is 0. The first-order chi connectivity index (χ1) is 3.81. The van der Waals surface area contributed by atoms with Gasteiger partial charge in [-0.1, -0.05) is 13.8 Å². The molecule has 2 heteroatoms. The molecule has 0 amide bonds. The van der Waals surface area contributed by atoms with Gasteiger partial charge in [-0.15, -0.1) is 0 Å². The Labute approximate surface area is 50.9 Å². The summed E-state index contributed by atoms with van der Waals surface area (Å²) in [5, 5.41) is 11.7. The van der Waals surface area contributed by atoms with E-state index in [-0.39, 0.29) is 6.61 Å². The Morgan fingerprint density at radius 1 is 1.62 bits per heavy atom. The predicted octanol–water partition coefficient (Wildman–Crippen LogP) is 0.224. The number of hydrogen-bond donors (Lipinski definition) is 2. The molecule has 0 fully saturated rings. The largest absolute Gasteiger partial charge is 0.396 e. The summed E-state index contributed by atoms with van der Waals surface area (Å²) in [5.74, 6) is 0.398. The highest BCUT2D eigenvalue weighted by atomic mass is 16.3. The second-order valence-corrected chi connectivity index (χ2v) is 2.10. The van der Waals surface area contributed by atoms with Gasteiger partial charge in [-0.2, -0.15) is 0 Å². The lowest BCUT2D eigenvalue weighted by Gasteiger charge is -2.05. The van der Waals surface area contributed by atoms with E-state index in [1.54, 1.807) is 0 Å². The fourth-order valence-electron chi connectivity index (χ4n) is 0.455. The van der Waals surface area contributed by atoms with Crippen molar-refractivity contribution in [3.05, 3.63) is 0 Å². The summed E-state index contributed by atoms with van der Waals surface area (Å²) in [6.45, 7) is 6.27. The van der Waals surface area contributed by atoms with Crippen LogP contribution < -0.4 is 5.32 Å². The number of aliphatic hydroxyl groups is 1. The van der Waals surface area contributed by atoms with Crippen molar-refractivity contribution in [1.82, 2.24) is 5.32 Å². The summed E-state index contributed by atoms with van der Waals surface area (Å²) in [6.07, 6.45) is 0. The van der Waals surface area contributed by atoms with Crippen LogP contribution in [-0.4, -0.2) is 24.8 Å². The Balaban J connectivity index is 2.86. The molecule has 0 aromatic rings. The molecule has 50 valence electrons. The molecule has 1 unspecified atom stereocenters. The predicted molar refractivity (Wildman–Crippen MR) is 34.8 cm³/mol. The lowest BCUT2D eigenvalue weighted by Crippen LogP contribution is -2.22. The molecule has 0 aliphatic rings. The van der Waals surface area contributed by atoms with E-state index in [0.29, 0.717) is 5.92 Å². The first kappa shape index (κ1) is 7.92. The van der Waals surface area contributed by atoms with E-state index in [0.717, 1.165) is 13.1 Å². The van der Waals surface area contributed by atoms with E-state index in [2.05, 4.69) is 12.2 Å². The van der Waals surface area contributed by atoms with Crippen molar-refractivity contribution in [2.75, 3.05) is 19.7 Å². The fourth-order valence-corrected chi connectivity index (χ4v) is 0.455. The third-order valence-electron chi connectivity index (χ3n) is 1.05. The lowest BCUT2D eigenvalue weighted by atomic mass is 10.2. The van der Waals surface area contributed by atoms with E-state index in [9.17, 15) is 0 Å². The van der Waals surface area contributed by atoms with Crippen LogP contribution >= 0.6 is 0 Å². The minimum absolute atomic E-state index is 0.285. The second kappa shape index (κ2) is 5.06. The zero-order chi connectivity index (χ0) is 6.41. The standard InChI is InChI=1S/C6H15NO/c1-3-7-4-6(2)5-8/h6-8H,3-5H2,1-2H3. The van der Waals surface area contributed by atoms with Crippen LogP contribution in [0.25, 0.3) is 0 Å². The van der Waals surface area contributed by atoms with Gasteiger partial charge in [-0.3, -0.25) is 0 Å². The molecule has 0 spiro atoms. The average Bonchev–Trinajstić information content (AvgIpc) is 1.83. The molecule has 8 heavy (non-hydrogen) atoms. The summed E-state index contributed by atoms with van der Waals surface area (Å²) in [7, 11) is 0. The Bertz CT molecular complexity index is 47.8. The molecule has 0 aliphatic heterocycles. The molecule has 1 atom stereocenters. The SMILES string of the molecule is CCNCC(C)CO. The van der Waals surface area contributed by atoms with Crippen LogP contribution in [0, 0.1) is 5.92 Å². The van der Waals surface area contributed by atoms with Gasteiger partial charge in [0.25, 0.3) is 0 Å². The normalized spacial score (nSPS) is 13.9. The van der Waals surface area contributed by atoms with Crippen molar-refractivity contribution in [3.8, 4) is 0 Å². The third-order valence-corrected chi connectivity index (χ3v) is 1.05. The lowest BCUT2D eigenvalue weighted by molar-refractivity contribution is 0.234. The Morgan fingerprint density at radius 2 is 2.25 bits per heavy atom. The van der Waals surface area contributed by atoms with Crippen LogP contribution in [0.2, 0.25) is 0 Å². The highest BCUT2D eigenvalue weighted by Gasteiger charge is 1.94. The maximum absolute atomic E-state index is 8.52. The van der Waals surface area contributed by atoms with Crippen LogP contribution in [0.15, 0.2) is 0 Å². The van der Waals surface area contributed by atoms with Crippen LogP contribution in [0.5, 0.6) is 0 Å². The van der Waals surface area contributed by atoms with Crippen molar-refractivity contribution < 1.29 is 5.11 Å². The molecule has 0 bridgehead atoms. The van der Waals surface area contributed by atoms with Gasteiger partial charge in [0.05, 0.1) is 0 Å². The molecule has 2 nitrogen and oxygen atoms in total. The Hall–Kier alpha value is -0.0800. The van der Waals surface area contributed by atoms with Crippen molar-refractivity contribution in [2.45, 2.75) is 13.8 Å². The third kappa shape index (κ3) is 4.09. The van der Waals surface area contributed by atoms with Gasteiger partial charge >= 0.3 is 0 Å². The molecular weight excluding hydrogens is 102 g/mol.